The van der Waals surface area contributed by atoms with Crippen molar-refractivity contribution in [1.82, 2.24) is 4.98 Å². The first-order valence-corrected chi connectivity index (χ1v) is 5.84. The highest BCUT2D eigenvalue weighted by atomic mass is 32.2. The van der Waals surface area contributed by atoms with Gasteiger partial charge >= 0.3 is 0 Å². The van der Waals surface area contributed by atoms with Gasteiger partial charge in [0.1, 0.15) is 11.8 Å². The van der Waals surface area contributed by atoms with Crippen LogP contribution in [0.3, 0.4) is 0 Å². The number of rotatable bonds is 2. The maximum absolute atomic E-state index is 8.88. The molecule has 0 aliphatic carbocycles. The molecule has 5 heteroatoms. The molecular weight excluding hydrogens is 234 g/mol. The Morgan fingerprint density at radius 1 is 1.41 bits per heavy atom. The summed E-state index contributed by atoms with van der Waals surface area (Å²) in [6, 6.07) is 7.37. The smallest absolute Gasteiger partial charge is 0.261 e. The van der Waals surface area contributed by atoms with E-state index in [2.05, 4.69) is 4.98 Å². The number of nitrogens with two attached hydrogens (primary N) is 1. The number of para-hydroxylation sites is 1. The summed E-state index contributed by atoms with van der Waals surface area (Å²) in [7, 11) is 0. The largest absolute Gasteiger partial charge is 0.436 e. The Hall–Kier alpha value is -1.93. The summed E-state index contributed by atoms with van der Waals surface area (Å²) < 4.78 is 5.46. The quantitative estimate of drug-likeness (QED) is 0.823. The van der Waals surface area contributed by atoms with Crippen molar-refractivity contribution in [3.05, 3.63) is 35.2 Å². The zero-order valence-corrected chi connectivity index (χ0v) is 10.3. The van der Waals surface area contributed by atoms with Gasteiger partial charge < -0.3 is 10.2 Å². The van der Waals surface area contributed by atoms with Gasteiger partial charge in [0.15, 0.2) is 0 Å². The molecule has 2 rings (SSSR count). The number of oxazole rings is 1. The number of hydrogen-bond acceptors (Lipinski definition) is 5. The Kier molecular flexibility index (Phi) is 3.07. The van der Waals surface area contributed by atoms with Gasteiger partial charge in [0.05, 0.1) is 16.9 Å². The molecule has 4 nitrogen and oxygen atoms in total. The Labute approximate surface area is 103 Å². The highest BCUT2D eigenvalue weighted by molar-refractivity contribution is 7.99. The van der Waals surface area contributed by atoms with Crippen LogP contribution in [0.5, 0.6) is 0 Å². The number of hydrogen-bond donors (Lipinski definition) is 1. The number of nitrogen functional groups attached to an aromatic ring is 1. The number of nitriles is 1. The average molecular weight is 245 g/mol. The molecule has 0 aliphatic rings. The van der Waals surface area contributed by atoms with E-state index < -0.39 is 0 Å². The van der Waals surface area contributed by atoms with E-state index in [0.29, 0.717) is 16.5 Å². The Balaban J connectivity index is 2.34. The summed E-state index contributed by atoms with van der Waals surface area (Å²) in [5.74, 6) is 0.794. The number of aromatic nitrogens is 1. The third kappa shape index (κ3) is 2.27. The minimum absolute atomic E-state index is 0.466. The zero-order chi connectivity index (χ0) is 12.4. The fraction of sp³-hybridized carbons (Fsp3) is 0.167. The summed E-state index contributed by atoms with van der Waals surface area (Å²) in [5.41, 5.74) is 7.67. The molecule has 0 bridgehead atoms. The molecule has 0 aliphatic heterocycles. The Morgan fingerprint density at radius 3 is 2.76 bits per heavy atom. The monoisotopic (exact) mass is 245 g/mol. The molecule has 0 saturated carbocycles. The van der Waals surface area contributed by atoms with Crippen molar-refractivity contribution < 1.29 is 4.42 Å². The molecule has 0 atom stereocenters. The first-order chi connectivity index (χ1) is 8.11. The van der Waals surface area contributed by atoms with Crippen LogP contribution < -0.4 is 5.73 Å². The van der Waals surface area contributed by atoms with Crippen LogP contribution in [0.4, 0.5) is 5.69 Å². The van der Waals surface area contributed by atoms with Crippen LogP contribution in [-0.4, -0.2) is 4.98 Å². The van der Waals surface area contributed by atoms with Crippen LogP contribution in [0.15, 0.2) is 32.7 Å². The van der Waals surface area contributed by atoms with E-state index >= 15 is 0 Å². The second-order valence-corrected chi connectivity index (χ2v) is 4.55. The molecule has 0 unspecified atom stereocenters. The SMILES string of the molecule is Cc1nc(Sc2cccc(C#N)c2N)oc1C. The third-order valence-electron chi connectivity index (χ3n) is 2.39. The van der Waals surface area contributed by atoms with Gasteiger partial charge in [-0.3, -0.25) is 0 Å². The van der Waals surface area contributed by atoms with Crippen molar-refractivity contribution in [1.29, 1.82) is 5.26 Å². The molecule has 2 N–H and O–H groups in total. The van der Waals surface area contributed by atoms with E-state index in [4.69, 9.17) is 15.4 Å². The van der Waals surface area contributed by atoms with Crippen LogP contribution in [0.1, 0.15) is 17.0 Å². The van der Waals surface area contributed by atoms with Gasteiger partial charge in [-0.2, -0.15) is 5.26 Å². The van der Waals surface area contributed by atoms with E-state index in [0.717, 1.165) is 16.3 Å². The zero-order valence-electron chi connectivity index (χ0n) is 9.52. The van der Waals surface area contributed by atoms with Crippen molar-refractivity contribution in [2.75, 3.05) is 5.73 Å². The summed E-state index contributed by atoms with van der Waals surface area (Å²) >= 11 is 1.32. The maximum atomic E-state index is 8.88. The van der Waals surface area contributed by atoms with Gasteiger partial charge in [-0.05, 0) is 37.7 Å². The van der Waals surface area contributed by atoms with Crippen molar-refractivity contribution in [3.63, 3.8) is 0 Å². The van der Waals surface area contributed by atoms with Gasteiger partial charge in [-0.1, -0.05) is 6.07 Å². The first-order valence-electron chi connectivity index (χ1n) is 5.02. The van der Waals surface area contributed by atoms with Crippen LogP contribution in [-0.2, 0) is 0 Å². The molecule has 0 amide bonds. The normalized spacial score (nSPS) is 10.2. The van der Waals surface area contributed by atoms with Crippen molar-refractivity contribution >= 4 is 17.4 Å². The molecule has 86 valence electrons. The summed E-state index contributed by atoms with van der Waals surface area (Å²) in [4.78, 5) is 5.04. The highest BCUT2D eigenvalue weighted by Crippen LogP contribution is 2.33. The van der Waals surface area contributed by atoms with E-state index in [1.165, 1.54) is 11.8 Å². The van der Waals surface area contributed by atoms with Crippen LogP contribution >= 0.6 is 11.8 Å². The average Bonchev–Trinajstić information content (AvgIpc) is 2.61. The maximum Gasteiger partial charge on any atom is 0.261 e. The number of benzene rings is 1. The lowest BCUT2D eigenvalue weighted by Gasteiger charge is -2.03. The molecule has 17 heavy (non-hydrogen) atoms. The van der Waals surface area contributed by atoms with Gasteiger partial charge in [0, 0.05) is 4.90 Å². The number of anilines is 1. The molecule has 1 heterocycles. The van der Waals surface area contributed by atoms with Gasteiger partial charge in [0.2, 0.25) is 0 Å². The van der Waals surface area contributed by atoms with E-state index in [1.807, 2.05) is 26.0 Å². The highest BCUT2D eigenvalue weighted by Gasteiger charge is 2.11. The predicted molar refractivity (Wildman–Crippen MR) is 65.7 cm³/mol. The predicted octanol–water partition coefficient (Wildman–Crippen LogP) is 2.90. The molecular formula is C12H11N3OS. The topological polar surface area (TPSA) is 75.8 Å². The van der Waals surface area contributed by atoms with Crippen LogP contribution in [0.25, 0.3) is 0 Å². The lowest BCUT2D eigenvalue weighted by molar-refractivity contribution is 0.431. The molecule has 1 aromatic carbocycles. The second kappa shape index (κ2) is 4.52. The molecule has 2 aromatic rings. The molecule has 0 spiro atoms. The Morgan fingerprint density at radius 2 is 2.18 bits per heavy atom. The van der Waals surface area contributed by atoms with Crippen molar-refractivity contribution in [3.8, 4) is 6.07 Å². The van der Waals surface area contributed by atoms with Crippen molar-refractivity contribution in [2.45, 2.75) is 24.0 Å². The lowest BCUT2D eigenvalue weighted by atomic mass is 10.2. The fourth-order valence-electron chi connectivity index (χ4n) is 1.31. The minimum atomic E-state index is 0.466. The fourth-order valence-corrected chi connectivity index (χ4v) is 2.22. The van der Waals surface area contributed by atoms with E-state index in [9.17, 15) is 0 Å². The molecule has 0 radical (unpaired) electrons. The molecule has 0 saturated heterocycles. The number of nitrogens with zero attached hydrogens (tertiary/aromatic N) is 2. The van der Waals surface area contributed by atoms with Crippen LogP contribution in [0.2, 0.25) is 0 Å². The summed E-state index contributed by atoms with van der Waals surface area (Å²) in [5, 5.41) is 9.42. The van der Waals surface area contributed by atoms with Crippen molar-refractivity contribution in [2.24, 2.45) is 0 Å². The first kappa shape index (κ1) is 11.6. The minimum Gasteiger partial charge on any atom is -0.436 e. The third-order valence-corrected chi connectivity index (χ3v) is 3.32. The van der Waals surface area contributed by atoms with Gasteiger partial charge in [-0.15, -0.1) is 0 Å². The Bertz CT molecular complexity index is 579. The number of aryl methyl sites for hydroxylation is 2. The van der Waals surface area contributed by atoms with Gasteiger partial charge in [0.25, 0.3) is 5.22 Å². The van der Waals surface area contributed by atoms with Gasteiger partial charge in [-0.25, -0.2) is 4.98 Å². The molecule has 0 fully saturated rings. The summed E-state index contributed by atoms with van der Waals surface area (Å²) in [6.07, 6.45) is 0. The molecule has 1 aromatic heterocycles. The summed E-state index contributed by atoms with van der Waals surface area (Å²) in [6.45, 7) is 3.75. The second-order valence-electron chi connectivity index (χ2n) is 3.55. The van der Waals surface area contributed by atoms with Crippen LogP contribution in [0, 0.1) is 25.2 Å². The van der Waals surface area contributed by atoms with E-state index in [-0.39, 0.29) is 0 Å². The lowest BCUT2D eigenvalue weighted by Crippen LogP contribution is -1.92. The van der Waals surface area contributed by atoms with E-state index in [1.54, 1.807) is 12.1 Å². The standard InChI is InChI=1S/C12H11N3OS/c1-7-8(2)16-12(15-7)17-10-5-3-4-9(6-13)11(10)14/h3-5H,14H2,1-2H3.